The molecular formula is C13H20ClN5S. The summed E-state index contributed by atoms with van der Waals surface area (Å²) in [7, 11) is 0. The van der Waals surface area contributed by atoms with Gasteiger partial charge in [0.15, 0.2) is 0 Å². The van der Waals surface area contributed by atoms with Gasteiger partial charge in [-0.3, -0.25) is 0 Å². The molecule has 3 heterocycles. The molecule has 0 aromatic carbocycles. The number of nitrogens with zero attached hydrogens (tertiary/aromatic N) is 5. The van der Waals surface area contributed by atoms with Crippen molar-refractivity contribution in [2.45, 2.75) is 31.4 Å². The third kappa shape index (κ3) is 3.11. The molecule has 2 fully saturated rings. The van der Waals surface area contributed by atoms with E-state index in [9.17, 15) is 0 Å². The fraction of sp³-hybridized carbons (Fsp3) is 0.769. The lowest BCUT2D eigenvalue weighted by molar-refractivity contribution is 0.633. The van der Waals surface area contributed by atoms with Crippen molar-refractivity contribution in [3.05, 3.63) is 5.28 Å². The van der Waals surface area contributed by atoms with E-state index in [4.69, 9.17) is 11.6 Å². The van der Waals surface area contributed by atoms with E-state index in [1.54, 1.807) is 0 Å². The highest BCUT2D eigenvalue weighted by atomic mass is 35.5. The van der Waals surface area contributed by atoms with Crippen molar-refractivity contribution in [3.8, 4) is 0 Å². The van der Waals surface area contributed by atoms with E-state index in [0.29, 0.717) is 5.28 Å². The van der Waals surface area contributed by atoms with Crippen molar-refractivity contribution in [1.29, 1.82) is 0 Å². The van der Waals surface area contributed by atoms with E-state index >= 15 is 0 Å². The van der Waals surface area contributed by atoms with Crippen molar-refractivity contribution >= 4 is 35.3 Å². The van der Waals surface area contributed by atoms with Gasteiger partial charge in [0.2, 0.25) is 17.2 Å². The van der Waals surface area contributed by atoms with Gasteiger partial charge >= 0.3 is 0 Å². The molecule has 2 aliphatic heterocycles. The molecule has 0 atom stereocenters. The van der Waals surface area contributed by atoms with Crippen LogP contribution in [0.15, 0.2) is 0 Å². The summed E-state index contributed by atoms with van der Waals surface area (Å²) in [5.41, 5.74) is 0. The first-order valence-corrected chi connectivity index (χ1v) is 8.45. The molecule has 5 nitrogen and oxygen atoms in total. The largest absolute Gasteiger partial charge is 0.341 e. The lowest BCUT2D eigenvalue weighted by atomic mass is 10.2. The minimum Gasteiger partial charge on any atom is -0.341 e. The maximum absolute atomic E-state index is 6.10. The minimum atomic E-state index is 0.227. The second-order valence-corrected chi connectivity index (χ2v) is 8.07. The molecule has 7 heteroatoms. The van der Waals surface area contributed by atoms with Crippen molar-refractivity contribution in [1.82, 2.24) is 15.0 Å². The van der Waals surface area contributed by atoms with Crippen LogP contribution in [-0.4, -0.2) is 51.6 Å². The van der Waals surface area contributed by atoms with Crippen LogP contribution in [0.1, 0.15) is 26.7 Å². The third-order valence-corrected chi connectivity index (χ3v) is 5.15. The number of halogens is 1. The molecule has 0 spiro atoms. The van der Waals surface area contributed by atoms with Crippen LogP contribution in [0.4, 0.5) is 11.9 Å². The van der Waals surface area contributed by atoms with Crippen molar-refractivity contribution in [3.63, 3.8) is 0 Å². The normalized spacial score (nSPS) is 22.4. The van der Waals surface area contributed by atoms with E-state index in [1.807, 2.05) is 11.8 Å². The molecule has 0 radical (unpaired) electrons. The van der Waals surface area contributed by atoms with Crippen LogP contribution < -0.4 is 9.80 Å². The SMILES string of the molecule is CC1(C)CN(c2nc(Cl)nc(N3CCCC3)n2)CCS1. The fourth-order valence-electron chi connectivity index (χ4n) is 2.72. The van der Waals surface area contributed by atoms with Crippen LogP contribution >= 0.6 is 23.4 Å². The second kappa shape index (κ2) is 5.56. The van der Waals surface area contributed by atoms with Gasteiger partial charge in [-0.2, -0.15) is 26.7 Å². The number of hydrogen-bond donors (Lipinski definition) is 0. The van der Waals surface area contributed by atoms with Gasteiger partial charge in [-0.25, -0.2) is 0 Å². The fourth-order valence-corrected chi connectivity index (χ4v) is 3.98. The molecular weight excluding hydrogens is 294 g/mol. The topological polar surface area (TPSA) is 45.2 Å². The zero-order valence-corrected chi connectivity index (χ0v) is 13.5. The van der Waals surface area contributed by atoms with Gasteiger partial charge < -0.3 is 9.80 Å². The Hall–Kier alpha value is -0.750. The van der Waals surface area contributed by atoms with Gasteiger partial charge in [0.1, 0.15) is 0 Å². The summed E-state index contributed by atoms with van der Waals surface area (Å²) in [5.74, 6) is 2.55. The van der Waals surface area contributed by atoms with Gasteiger partial charge in [-0.05, 0) is 38.3 Å². The molecule has 1 aromatic heterocycles. The van der Waals surface area contributed by atoms with Crippen LogP contribution in [0, 0.1) is 0 Å². The molecule has 0 saturated carbocycles. The van der Waals surface area contributed by atoms with Gasteiger partial charge in [0, 0.05) is 36.7 Å². The minimum absolute atomic E-state index is 0.227. The Morgan fingerprint density at radius 1 is 1.00 bits per heavy atom. The second-order valence-electron chi connectivity index (χ2n) is 5.93. The monoisotopic (exact) mass is 313 g/mol. The summed E-state index contributed by atoms with van der Waals surface area (Å²) < 4.78 is 0.227. The Labute approximate surface area is 129 Å². The lowest BCUT2D eigenvalue weighted by Crippen LogP contribution is -2.44. The molecule has 2 aliphatic rings. The van der Waals surface area contributed by atoms with Crippen LogP contribution in [0.25, 0.3) is 0 Å². The zero-order valence-electron chi connectivity index (χ0n) is 12.0. The predicted octanol–water partition coefficient (Wildman–Crippen LogP) is 2.46. The van der Waals surface area contributed by atoms with Crippen LogP contribution in [0.2, 0.25) is 5.28 Å². The molecule has 2 saturated heterocycles. The maximum atomic E-state index is 6.10. The highest BCUT2D eigenvalue weighted by Gasteiger charge is 2.29. The number of anilines is 2. The summed E-state index contributed by atoms with van der Waals surface area (Å²) in [5, 5.41) is 0.299. The van der Waals surface area contributed by atoms with Crippen LogP contribution in [0.5, 0.6) is 0 Å². The summed E-state index contributed by atoms with van der Waals surface area (Å²) >= 11 is 8.09. The van der Waals surface area contributed by atoms with E-state index in [-0.39, 0.29) is 4.75 Å². The first kappa shape index (κ1) is 14.2. The first-order chi connectivity index (χ1) is 9.53. The average Bonchev–Trinajstić information content (AvgIpc) is 2.90. The summed E-state index contributed by atoms with van der Waals surface area (Å²) in [6.07, 6.45) is 2.40. The van der Waals surface area contributed by atoms with Gasteiger partial charge in [0.05, 0.1) is 0 Å². The van der Waals surface area contributed by atoms with Crippen molar-refractivity contribution in [2.24, 2.45) is 0 Å². The lowest BCUT2D eigenvalue weighted by Gasteiger charge is -2.37. The van der Waals surface area contributed by atoms with Crippen molar-refractivity contribution < 1.29 is 0 Å². The van der Waals surface area contributed by atoms with Gasteiger partial charge in [-0.1, -0.05) is 0 Å². The van der Waals surface area contributed by atoms with Gasteiger partial charge in [0.25, 0.3) is 0 Å². The molecule has 0 N–H and O–H groups in total. The van der Waals surface area contributed by atoms with Gasteiger partial charge in [-0.15, -0.1) is 0 Å². The molecule has 0 aliphatic carbocycles. The maximum Gasteiger partial charge on any atom is 0.231 e. The quantitative estimate of drug-likeness (QED) is 0.836. The Bertz CT molecular complexity index is 490. The Kier molecular flexibility index (Phi) is 3.95. The third-order valence-electron chi connectivity index (χ3n) is 3.68. The Morgan fingerprint density at radius 3 is 2.30 bits per heavy atom. The summed E-state index contributed by atoms with van der Waals surface area (Å²) in [6.45, 7) is 8.45. The molecule has 20 heavy (non-hydrogen) atoms. The number of aromatic nitrogens is 3. The molecule has 110 valence electrons. The standard InChI is InChI=1S/C13H20ClN5S/c1-13(2)9-19(7-8-20-13)12-16-10(14)15-11(17-12)18-5-3-4-6-18/h3-9H2,1-2H3. The number of hydrogen-bond acceptors (Lipinski definition) is 6. The van der Waals surface area contributed by atoms with Crippen LogP contribution in [0.3, 0.4) is 0 Å². The highest BCUT2D eigenvalue weighted by Crippen LogP contribution is 2.31. The molecule has 0 bridgehead atoms. The molecule has 3 rings (SSSR count). The van der Waals surface area contributed by atoms with E-state index in [0.717, 1.165) is 43.8 Å². The van der Waals surface area contributed by atoms with Crippen molar-refractivity contribution in [2.75, 3.05) is 41.7 Å². The Balaban J connectivity index is 1.85. The van der Waals surface area contributed by atoms with E-state index in [1.165, 1.54) is 12.8 Å². The number of thioether (sulfide) groups is 1. The zero-order chi connectivity index (χ0) is 14.2. The molecule has 0 unspecified atom stereocenters. The molecule has 1 aromatic rings. The first-order valence-electron chi connectivity index (χ1n) is 7.09. The van der Waals surface area contributed by atoms with Crippen LogP contribution in [-0.2, 0) is 0 Å². The average molecular weight is 314 g/mol. The highest BCUT2D eigenvalue weighted by molar-refractivity contribution is 8.00. The molecule has 0 amide bonds. The smallest absolute Gasteiger partial charge is 0.231 e. The number of rotatable bonds is 2. The van der Waals surface area contributed by atoms with E-state index < -0.39 is 0 Å². The van der Waals surface area contributed by atoms with E-state index in [2.05, 4.69) is 38.6 Å². The predicted molar refractivity (Wildman–Crippen MR) is 85.0 cm³/mol. The Morgan fingerprint density at radius 2 is 1.65 bits per heavy atom. The summed E-state index contributed by atoms with van der Waals surface area (Å²) in [6, 6.07) is 0. The summed E-state index contributed by atoms with van der Waals surface area (Å²) in [4.78, 5) is 17.7.